The number of hydrogen-bond acceptors (Lipinski definition) is 6. The molecular formula is C20H29NO6S. The minimum Gasteiger partial charge on any atom is -0.482 e. The molecular weight excluding hydrogens is 382 g/mol. The Balaban J connectivity index is 1.89. The van der Waals surface area contributed by atoms with Crippen LogP contribution in [0.2, 0.25) is 0 Å². The molecule has 1 aromatic rings. The zero-order chi connectivity index (χ0) is 20.9. The average Bonchev–Trinajstić information content (AvgIpc) is 2.96. The third-order valence-corrected chi connectivity index (χ3v) is 6.61. The highest BCUT2D eigenvalue weighted by molar-refractivity contribution is 7.91. The summed E-state index contributed by atoms with van der Waals surface area (Å²) in [7, 11) is -3.12. The second kappa shape index (κ2) is 9.41. The van der Waals surface area contributed by atoms with Gasteiger partial charge in [0, 0.05) is 12.1 Å². The molecule has 1 aliphatic heterocycles. The number of benzene rings is 1. The fourth-order valence-corrected chi connectivity index (χ4v) is 5.13. The largest absolute Gasteiger partial charge is 0.482 e. The number of rotatable bonds is 8. The van der Waals surface area contributed by atoms with Gasteiger partial charge in [-0.3, -0.25) is 4.79 Å². The second-order valence-corrected chi connectivity index (χ2v) is 9.62. The highest BCUT2D eigenvalue weighted by atomic mass is 32.2. The first kappa shape index (κ1) is 22.2. The van der Waals surface area contributed by atoms with Gasteiger partial charge in [0.05, 0.1) is 11.5 Å². The van der Waals surface area contributed by atoms with Crippen molar-refractivity contribution < 1.29 is 27.5 Å². The van der Waals surface area contributed by atoms with E-state index in [-0.39, 0.29) is 36.1 Å². The van der Waals surface area contributed by atoms with Crippen LogP contribution >= 0.6 is 0 Å². The summed E-state index contributed by atoms with van der Waals surface area (Å²) in [6, 6.07) is 5.14. The van der Waals surface area contributed by atoms with Crippen LogP contribution in [0.15, 0.2) is 18.2 Å². The van der Waals surface area contributed by atoms with E-state index in [2.05, 4.69) is 0 Å². The minimum absolute atomic E-state index is 0.0349. The molecule has 0 bridgehead atoms. The molecule has 0 N–H and O–H groups in total. The first-order chi connectivity index (χ1) is 13.1. The molecule has 2 rings (SSSR count). The number of sulfone groups is 1. The van der Waals surface area contributed by atoms with E-state index in [4.69, 9.17) is 9.47 Å². The van der Waals surface area contributed by atoms with Crippen molar-refractivity contribution in [2.24, 2.45) is 0 Å². The zero-order valence-corrected chi connectivity index (χ0v) is 17.8. The summed E-state index contributed by atoms with van der Waals surface area (Å²) in [5.74, 6) is -0.404. The molecule has 8 heteroatoms. The molecule has 1 heterocycles. The number of carbonyl (C=O) groups is 2. The van der Waals surface area contributed by atoms with Crippen molar-refractivity contribution in [2.45, 2.75) is 52.6 Å². The Hall–Kier alpha value is -2.09. The molecule has 156 valence electrons. The van der Waals surface area contributed by atoms with E-state index in [9.17, 15) is 18.0 Å². The summed E-state index contributed by atoms with van der Waals surface area (Å²) in [4.78, 5) is 26.1. The predicted molar refractivity (Wildman–Crippen MR) is 106 cm³/mol. The van der Waals surface area contributed by atoms with Gasteiger partial charge in [0.1, 0.15) is 5.75 Å². The monoisotopic (exact) mass is 411 g/mol. The number of carbonyl (C=O) groups excluding carboxylic acids is 2. The van der Waals surface area contributed by atoms with Crippen molar-refractivity contribution in [3.05, 3.63) is 29.3 Å². The molecule has 0 spiro atoms. The molecule has 28 heavy (non-hydrogen) atoms. The van der Waals surface area contributed by atoms with Gasteiger partial charge in [-0.1, -0.05) is 13.0 Å². The highest BCUT2D eigenvalue weighted by Gasteiger charge is 2.36. The summed E-state index contributed by atoms with van der Waals surface area (Å²) in [6.45, 7) is 6.95. The van der Waals surface area contributed by atoms with Gasteiger partial charge in [-0.15, -0.1) is 0 Å². The van der Waals surface area contributed by atoms with E-state index < -0.39 is 22.4 Å². The summed E-state index contributed by atoms with van der Waals surface area (Å²) < 4.78 is 34.1. The van der Waals surface area contributed by atoms with Gasteiger partial charge in [0.15, 0.2) is 23.1 Å². The standard InChI is InChI=1S/C20H29NO6S/c1-5-16(4)21(17-6-7-28(24,25)13-17)19(22)11-27-20(23)12-26-18-9-14(2)8-15(3)10-18/h8-10,16-17H,5-7,11-13H2,1-4H3/t16-,17-/m1/s1. The number of ether oxygens (including phenoxy) is 2. The Morgan fingerprint density at radius 3 is 2.36 bits per heavy atom. The van der Waals surface area contributed by atoms with E-state index in [0.29, 0.717) is 18.6 Å². The third kappa shape index (κ3) is 6.22. The fraction of sp³-hybridized carbons (Fsp3) is 0.600. The molecule has 0 saturated carbocycles. The molecule has 1 saturated heterocycles. The Labute approximate surface area is 166 Å². The Morgan fingerprint density at radius 2 is 1.82 bits per heavy atom. The number of amides is 1. The van der Waals surface area contributed by atoms with E-state index in [1.54, 1.807) is 4.90 Å². The highest BCUT2D eigenvalue weighted by Crippen LogP contribution is 2.21. The summed E-state index contributed by atoms with van der Waals surface area (Å²) >= 11 is 0. The van der Waals surface area contributed by atoms with E-state index in [1.807, 2.05) is 45.9 Å². The van der Waals surface area contributed by atoms with Crippen molar-refractivity contribution >= 4 is 21.7 Å². The van der Waals surface area contributed by atoms with Crippen LogP contribution in [-0.4, -0.2) is 62.0 Å². The maximum absolute atomic E-state index is 12.6. The normalized spacial score (nSPS) is 19.1. The van der Waals surface area contributed by atoms with Crippen molar-refractivity contribution in [2.75, 3.05) is 24.7 Å². The molecule has 2 atom stereocenters. The quantitative estimate of drug-likeness (QED) is 0.608. The molecule has 0 aliphatic carbocycles. The third-order valence-electron chi connectivity index (χ3n) is 4.86. The van der Waals surface area contributed by atoms with E-state index >= 15 is 0 Å². The lowest BCUT2D eigenvalue weighted by Gasteiger charge is -2.33. The van der Waals surface area contributed by atoms with Gasteiger partial charge in [0.25, 0.3) is 5.91 Å². The van der Waals surface area contributed by atoms with E-state index in [0.717, 1.165) is 11.1 Å². The van der Waals surface area contributed by atoms with Crippen LogP contribution in [0.3, 0.4) is 0 Å². The van der Waals surface area contributed by atoms with Gasteiger partial charge in [-0.25, -0.2) is 13.2 Å². The van der Waals surface area contributed by atoms with Crippen LogP contribution in [0.5, 0.6) is 5.75 Å². The van der Waals surface area contributed by atoms with Crippen molar-refractivity contribution in [3.63, 3.8) is 0 Å². The van der Waals surface area contributed by atoms with E-state index in [1.165, 1.54) is 0 Å². The van der Waals surface area contributed by atoms with Crippen molar-refractivity contribution in [3.8, 4) is 5.75 Å². The van der Waals surface area contributed by atoms with Crippen molar-refractivity contribution in [1.29, 1.82) is 0 Å². The van der Waals surface area contributed by atoms with Crippen LogP contribution in [0.1, 0.15) is 37.8 Å². The summed E-state index contributed by atoms with van der Waals surface area (Å²) in [5.41, 5.74) is 2.04. The predicted octanol–water partition coefficient (Wildman–Crippen LogP) is 2.04. The van der Waals surface area contributed by atoms with Gasteiger partial charge < -0.3 is 14.4 Å². The van der Waals surface area contributed by atoms with Crippen LogP contribution in [-0.2, 0) is 24.2 Å². The molecule has 1 aromatic carbocycles. The number of esters is 1. The molecule has 0 aromatic heterocycles. The number of nitrogens with zero attached hydrogens (tertiary/aromatic N) is 1. The average molecular weight is 412 g/mol. The van der Waals surface area contributed by atoms with Gasteiger partial charge in [-0.2, -0.15) is 0 Å². The Kier molecular flexibility index (Phi) is 7.46. The zero-order valence-electron chi connectivity index (χ0n) is 16.9. The summed E-state index contributed by atoms with van der Waals surface area (Å²) in [6.07, 6.45) is 1.11. The SMILES string of the molecule is CC[C@@H](C)N(C(=O)COC(=O)COc1cc(C)cc(C)c1)[C@@H]1CCS(=O)(=O)C1. The lowest BCUT2D eigenvalue weighted by molar-refractivity contribution is -0.155. The second-order valence-electron chi connectivity index (χ2n) is 7.39. The maximum atomic E-state index is 12.6. The van der Waals surface area contributed by atoms with Crippen LogP contribution < -0.4 is 4.74 Å². The molecule has 0 radical (unpaired) electrons. The molecule has 1 fully saturated rings. The lowest BCUT2D eigenvalue weighted by atomic mass is 10.1. The topological polar surface area (TPSA) is 90.0 Å². The smallest absolute Gasteiger partial charge is 0.344 e. The number of aryl methyl sites for hydroxylation is 2. The first-order valence-corrected chi connectivity index (χ1v) is 11.3. The minimum atomic E-state index is -3.12. The van der Waals surface area contributed by atoms with Crippen LogP contribution in [0.4, 0.5) is 0 Å². The van der Waals surface area contributed by atoms with Crippen LogP contribution in [0, 0.1) is 13.8 Å². The molecule has 0 unspecified atom stereocenters. The molecule has 7 nitrogen and oxygen atoms in total. The number of hydrogen-bond donors (Lipinski definition) is 0. The Bertz CT molecular complexity index is 800. The fourth-order valence-electron chi connectivity index (χ4n) is 3.42. The molecule has 1 aliphatic rings. The Morgan fingerprint density at radius 1 is 1.18 bits per heavy atom. The first-order valence-electron chi connectivity index (χ1n) is 9.49. The lowest BCUT2D eigenvalue weighted by Crippen LogP contribution is -2.48. The molecule has 1 amide bonds. The van der Waals surface area contributed by atoms with Crippen LogP contribution in [0.25, 0.3) is 0 Å². The summed E-state index contributed by atoms with van der Waals surface area (Å²) in [5, 5.41) is 0. The van der Waals surface area contributed by atoms with Gasteiger partial charge in [-0.05, 0) is 56.9 Å². The maximum Gasteiger partial charge on any atom is 0.344 e. The van der Waals surface area contributed by atoms with Gasteiger partial charge >= 0.3 is 5.97 Å². The van der Waals surface area contributed by atoms with Gasteiger partial charge in [0.2, 0.25) is 0 Å². The van der Waals surface area contributed by atoms with Crippen molar-refractivity contribution in [1.82, 2.24) is 4.90 Å².